The van der Waals surface area contributed by atoms with Crippen molar-refractivity contribution in [2.45, 2.75) is 46.5 Å². The predicted octanol–water partition coefficient (Wildman–Crippen LogP) is 4.56. The summed E-state index contributed by atoms with van der Waals surface area (Å²) in [7, 11) is 0. The van der Waals surface area contributed by atoms with Crippen molar-refractivity contribution in [3.05, 3.63) is 66.5 Å². The van der Waals surface area contributed by atoms with E-state index in [1.165, 1.54) is 12.1 Å². The van der Waals surface area contributed by atoms with E-state index in [2.05, 4.69) is 5.32 Å². The minimum atomic E-state index is -0.608. The summed E-state index contributed by atoms with van der Waals surface area (Å²) in [5, 5.41) is 25.8. The first-order valence-corrected chi connectivity index (χ1v) is 7.90. The van der Waals surface area contributed by atoms with Crippen LogP contribution in [-0.2, 0) is 0 Å². The highest BCUT2D eigenvalue weighted by molar-refractivity contribution is 5.57. The summed E-state index contributed by atoms with van der Waals surface area (Å²) < 4.78 is 0. The third-order valence-corrected chi connectivity index (χ3v) is 4.53. The van der Waals surface area contributed by atoms with Crippen LogP contribution >= 0.6 is 0 Å². The lowest BCUT2D eigenvalue weighted by molar-refractivity contribution is -0.394. The monoisotopic (exact) mass is 331 g/mol. The zero-order valence-corrected chi connectivity index (χ0v) is 14.3. The van der Waals surface area contributed by atoms with Gasteiger partial charge in [0.25, 0.3) is 11.4 Å². The average Bonchev–Trinajstić information content (AvgIpc) is 2.53. The number of nitrogens with zero attached hydrogens (tertiary/aromatic N) is 2. The van der Waals surface area contributed by atoms with Gasteiger partial charge in [0.05, 0.1) is 15.9 Å². The Morgan fingerprint density at radius 3 is 1.96 bits per heavy atom. The van der Waals surface area contributed by atoms with E-state index in [-0.39, 0.29) is 17.3 Å². The van der Waals surface area contributed by atoms with E-state index in [1.807, 2.05) is 27.7 Å². The molecule has 7 heteroatoms. The third-order valence-electron chi connectivity index (χ3n) is 4.53. The Kier molecular flexibility index (Phi) is 5.02. The Labute approximate surface area is 140 Å². The molecule has 7 nitrogen and oxygen atoms in total. The van der Waals surface area contributed by atoms with Gasteiger partial charge in [-0.25, -0.2) is 0 Å². The smallest absolute Gasteiger partial charge is 0.280 e. The van der Waals surface area contributed by atoms with E-state index in [9.17, 15) is 20.2 Å². The number of benzene rings is 1. The van der Waals surface area contributed by atoms with Gasteiger partial charge >= 0.3 is 0 Å². The molecule has 2 rings (SSSR count). The molecule has 0 bridgehead atoms. The maximum atomic E-state index is 11.5. The SMILES string of the molecule is CCC1=C(C)NC(C)=C(CC)C1c1ccc([N+](=O)[O-])cc1[N+](=O)[O-]. The van der Waals surface area contributed by atoms with Crippen molar-refractivity contribution in [2.24, 2.45) is 0 Å². The first kappa shape index (κ1) is 17.7. The summed E-state index contributed by atoms with van der Waals surface area (Å²) in [6.45, 7) is 7.94. The lowest BCUT2D eigenvalue weighted by Gasteiger charge is -2.32. The Balaban J connectivity index is 2.73. The van der Waals surface area contributed by atoms with E-state index in [1.54, 1.807) is 0 Å². The van der Waals surface area contributed by atoms with Crippen molar-refractivity contribution in [1.82, 2.24) is 5.32 Å². The van der Waals surface area contributed by atoms with Gasteiger partial charge in [-0.2, -0.15) is 0 Å². The largest absolute Gasteiger partial charge is 0.363 e. The highest BCUT2D eigenvalue weighted by Gasteiger charge is 2.32. The lowest BCUT2D eigenvalue weighted by Crippen LogP contribution is -2.24. The second-order valence-electron chi connectivity index (χ2n) is 5.82. The number of nitrogens with one attached hydrogen (secondary N) is 1. The quantitative estimate of drug-likeness (QED) is 0.630. The Morgan fingerprint density at radius 2 is 1.54 bits per heavy atom. The van der Waals surface area contributed by atoms with Crippen LogP contribution < -0.4 is 5.32 Å². The van der Waals surface area contributed by atoms with Crippen molar-refractivity contribution in [3.63, 3.8) is 0 Å². The topological polar surface area (TPSA) is 98.3 Å². The minimum Gasteiger partial charge on any atom is -0.363 e. The van der Waals surface area contributed by atoms with Crippen LogP contribution in [0.15, 0.2) is 40.7 Å². The molecule has 0 spiro atoms. The fourth-order valence-corrected chi connectivity index (χ4v) is 3.45. The summed E-state index contributed by atoms with van der Waals surface area (Å²) in [4.78, 5) is 21.3. The van der Waals surface area contributed by atoms with Gasteiger partial charge in [0.15, 0.2) is 0 Å². The van der Waals surface area contributed by atoms with Crippen molar-refractivity contribution >= 4 is 11.4 Å². The number of dihydropyridines is 1. The molecule has 1 aromatic carbocycles. The van der Waals surface area contributed by atoms with E-state index >= 15 is 0 Å². The second kappa shape index (κ2) is 6.82. The van der Waals surface area contributed by atoms with Gasteiger partial charge in [0.2, 0.25) is 0 Å². The van der Waals surface area contributed by atoms with Gasteiger partial charge in [-0.05, 0) is 43.9 Å². The molecule has 1 heterocycles. The van der Waals surface area contributed by atoms with Crippen LogP contribution in [0.4, 0.5) is 11.4 Å². The first-order chi connectivity index (χ1) is 11.3. The number of allylic oxidation sites excluding steroid dienone is 4. The van der Waals surface area contributed by atoms with Gasteiger partial charge in [0, 0.05) is 28.9 Å². The lowest BCUT2D eigenvalue weighted by atomic mass is 9.78. The van der Waals surface area contributed by atoms with E-state index in [4.69, 9.17) is 0 Å². The molecule has 128 valence electrons. The number of nitro benzene ring substituents is 2. The van der Waals surface area contributed by atoms with Crippen molar-refractivity contribution < 1.29 is 9.85 Å². The van der Waals surface area contributed by atoms with E-state index in [0.29, 0.717) is 5.56 Å². The van der Waals surface area contributed by atoms with Gasteiger partial charge in [-0.15, -0.1) is 0 Å². The molecule has 0 saturated heterocycles. The summed E-state index contributed by atoms with van der Waals surface area (Å²) in [5.41, 5.74) is 4.18. The molecule has 24 heavy (non-hydrogen) atoms. The van der Waals surface area contributed by atoms with Gasteiger partial charge < -0.3 is 5.32 Å². The molecule has 0 saturated carbocycles. The first-order valence-electron chi connectivity index (χ1n) is 7.90. The number of hydrogen-bond donors (Lipinski definition) is 1. The maximum Gasteiger partial charge on any atom is 0.280 e. The van der Waals surface area contributed by atoms with Crippen LogP contribution in [0.5, 0.6) is 0 Å². The zero-order chi connectivity index (χ0) is 18.0. The molecule has 0 amide bonds. The predicted molar refractivity (Wildman–Crippen MR) is 91.6 cm³/mol. The third kappa shape index (κ3) is 3.02. The molecule has 0 aromatic heterocycles. The molecule has 1 aromatic rings. The van der Waals surface area contributed by atoms with Crippen molar-refractivity contribution in [1.29, 1.82) is 0 Å². The normalized spacial score (nSPS) is 15.5. The summed E-state index contributed by atoms with van der Waals surface area (Å²) in [5.74, 6) is -0.220. The number of nitro groups is 2. The number of hydrogen-bond acceptors (Lipinski definition) is 5. The number of rotatable bonds is 5. The molecule has 0 unspecified atom stereocenters. The summed E-state index contributed by atoms with van der Waals surface area (Å²) in [6.07, 6.45) is 1.49. The fourth-order valence-electron chi connectivity index (χ4n) is 3.45. The Hall–Kier alpha value is -2.70. The molecule has 1 N–H and O–H groups in total. The molecule has 1 aliphatic rings. The second-order valence-corrected chi connectivity index (χ2v) is 5.82. The average molecular weight is 331 g/mol. The molecule has 0 fully saturated rings. The molecule has 1 aliphatic heterocycles. The highest BCUT2D eigenvalue weighted by Crippen LogP contribution is 2.44. The van der Waals surface area contributed by atoms with Gasteiger partial charge in [-0.3, -0.25) is 20.2 Å². The zero-order valence-electron chi connectivity index (χ0n) is 14.3. The van der Waals surface area contributed by atoms with Crippen LogP contribution in [0.1, 0.15) is 52.0 Å². The van der Waals surface area contributed by atoms with Crippen LogP contribution in [0.3, 0.4) is 0 Å². The van der Waals surface area contributed by atoms with Crippen LogP contribution in [0.2, 0.25) is 0 Å². The number of non-ortho nitro benzene ring substituents is 1. The van der Waals surface area contributed by atoms with Gasteiger partial charge in [0.1, 0.15) is 0 Å². The Morgan fingerprint density at radius 1 is 1.00 bits per heavy atom. The summed E-state index contributed by atoms with van der Waals surface area (Å²) in [6, 6.07) is 3.93. The van der Waals surface area contributed by atoms with Crippen molar-refractivity contribution in [2.75, 3.05) is 0 Å². The minimum absolute atomic E-state index is 0.200. The fraction of sp³-hybridized carbons (Fsp3) is 0.412. The molecular weight excluding hydrogens is 310 g/mol. The standard InChI is InChI=1S/C17H21N3O4/c1-5-13-10(3)18-11(4)14(6-2)17(13)15-8-7-12(19(21)22)9-16(15)20(23)24/h7-9,17-18H,5-6H2,1-4H3. The molecular formula is C17H21N3O4. The van der Waals surface area contributed by atoms with Gasteiger partial charge in [-0.1, -0.05) is 13.8 Å². The van der Waals surface area contributed by atoms with E-state index in [0.717, 1.165) is 41.4 Å². The summed E-state index contributed by atoms with van der Waals surface area (Å²) >= 11 is 0. The van der Waals surface area contributed by atoms with E-state index < -0.39 is 9.85 Å². The molecule has 0 atom stereocenters. The van der Waals surface area contributed by atoms with Crippen LogP contribution in [-0.4, -0.2) is 9.85 Å². The van der Waals surface area contributed by atoms with Crippen molar-refractivity contribution in [3.8, 4) is 0 Å². The maximum absolute atomic E-state index is 11.5. The molecule has 0 radical (unpaired) electrons. The Bertz CT molecular complexity index is 739. The molecule has 0 aliphatic carbocycles. The van der Waals surface area contributed by atoms with Crippen LogP contribution in [0, 0.1) is 20.2 Å². The van der Waals surface area contributed by atoms with Crippen LogP contribution in [0.25, 0.3) is 0 Å². The highest BCUT2D eigenvalue weighted by atomic mass is 16.6.